The fraction of sp³-hybridized carbons (Fsp3) is 0.150. The van der Waals surface area contributed by atoms with Gasteiger partial charge in [0.15, 0.2) is 5.17 Å². The molecule has 1 heterocycles. The highest BCUT2D eigenvalue weighted by molar-refractivity contribution is 8.19. The molecule has 1 saturated heterocycles. The molecule has 0 unspecified atom stereocenters. The van der Waals surface area contributed by atoms with Gasteiger partial charge in [0.25, 0.3) is 5.91 Å². The van der Waals surface area contributed by atoms with Gasteiger partial charge < -0.3 is 5.32 Å². The van der Waals surface area contributed by atoms with Crippen LogP contribution >= 0.6 is 11.8 Å². The van der Waals surface area contributed by atoms with Crippen molar-refractivity contribution in [2.24, 2.45) is 0 Å². The first kappa shape index (κ1) is 17.9. The number of carbonyl (C=O) groups excluding carboxylic acids is 2. The van der Waals surface area contributed by atoms with Crippen molar-refractivity contribution in [2.45, 2.75) is 20.8 Å². The standard InChI is InChI=1S/C20H19N3O2S/c1-12-4-9-17(10-13(12)2)23-19(25)18(26-20(23)21)11-15-5-7-16(8-6-15)22-14(3)24/h4-11,21H,1-3H3,(H,22,24)/b18-11-,21-20?. The van der Waals surface area contributed by atoms with Crippen LogP contribution in [0, 0.1) is 19.3 Å². The fourth-order valence-electron chi connectivity index (χ4n) is 2.60. The molecule has 1 fully saturated rings. The second kappa shape index (κ2) is 7.17. The molecule has 0 radical (unpaired) electrons. The Morgan fingerprint density at radius 1 is 1.12 bits per heavy atom. The number of hydrogen-bond acceptors (Lipinski definition) is 4. The summed E-state index contributed by atoms with van der Waals surface area (Å²) >= 11 is 1.15. The van der Waals surface area contributed by atoms with E-state index in [0.717, 1.165) is 28.5 Å². The van der Waals surface area contributed by atoms with E-state index >= 15 is 0 Å². The Morgan fingerprint density at radius 2 is 1.81 bits per heavy atom. The molecule has 0 spiro atoms. The molecule has 132 valence electrons. The maximum Gasteiger partial charge on any atom is 0.271 e. The number of nitrogens with one attached hydrogen (secondary N) is 2. The first-order valence-electron chi connectivity index (χ1n) is 8.12. The molecule has 2 N–H and O–H groups in total. The van der Waals surface area contributed by atoms with Gasteiger partial charge in [-0.05, 0) is 72.6 Å². The zero-order valence-corrected chi connectivity index (χ0v) is 15.6. The number of carbonyl (C=O) groups is 2. The maximum absolute atomic E-state index is 12.8. The largest absolute Gasteiger partial charge is 0.326 e. The number of nitrogens with zero attached hydrogens (tertiary/aromatic N) is 1. The van der Waals surface area contributed by atoms with Gasteiger partial charge in [0.05, 0.1) is 10.6 Å². The Labute approximate surface area is 156 Å². The Kier molecular flexibility index (Phi) is 4.95. The highest BCUT2D eigenvalue weighted by Crippen LogP contribution is 2.35. The van der Waals surface area contributed by atoms with Crippen molar-refractivity contribution in [3.05, 3.63) is 64.1 Å². The number of anilines is 2. The van der Waals surface area contributed by atoms with Crippen molar-refractivity contribution in [1.29, 1.82) is 5.41 Å². The number of benzene rings is 2. The van der Waals surface area contributed by atoms with E-state index < -0.39 is 0 Å². The average Bonchev–Trinajstić information content (AvgIpc) is 2.85. The van der Waals surface area contributed by atoms with Gasteiger partial charge in [-0.3, -0.25) is 19.9 Å². The summed E-state index contributed by atoms with van der Waals surface area (Å²) in [5.41, 5.74) is 4.48. The lowest BCUT2D eigenvalue weighted by atomic mass is 10.1. The number of amidine groups is 1. The number of amides is 2. The Morgan fingerprint density at radius 3 is 2.42 bits per heavy atom. The van der Waals surface area contributed by atoms with E-state index in [4.69, 9.17) is 5.41 Å². The van der Waals surface area contributed by atoms with Crippen LogP contribution in [-0.4, -0.2) is 17.0 Å². The van der Waals surface area contributed by atoms with Crippen molar-refractivity contribution >= 4 is 46.2 Å². The molecule has 2 aromatic rings. The third-order valence-electron chi connectivity index (χ3n) is 4.10. The second-order valence-electron chi connectivity index (χ2n) is 6.13. The Hall–Kier alpha value is -2.86. The summed E-state index contributed by atoms with van der Waals surface area (Å²) < 4.78 is 0. The van der Waals surface area contributed by atoms with Crippen LogP contribution in [0.15, 0.2) is 47.4 Å². The molecule has 5 nitrogen and oxygen atoms in total. The molecule has 0 aliphatic carbocycles. The van der Waals surface area contributed by atoms with E-state index in [-0.39, 0.29) is 17.0 Å². The van der Waals surface area contributed by atoms with Crippen LogP contribution in [0.4, 0.5) is 11.4 Å². The predicted molar refractivity (Wildman–Crippen MR) is 107 cm³/mol. The zero-order chi connectivity index (χ0) is 18.8. The molecule has 0 aromatic heterocycles. The zero-order valence-electron chi connectivity index (χ0n) is 14.8. The van der Waals surface area contributed by atoms with Crippen LogP contribution in [0.25, 0.3) is 6.08 Å². The maximum atomic E-state index is 12.8. The lowest BCUT2D eigenvalue weighted by molar-refractivity contribution is -0.114. The summed E-state index contributed by atoms with van der Waals surface area (Å²) in [6.07, 6.45) is 1.76. The van der Waals surface area contributed by atoms with Crippen molar-refractivity contribution in [3.63, 3.8) is 0 Å². The minimum absolute atomic E-state index is 0.130. The summed E-state index contributed by atoms with van der Waals surface area (Å²) in [5, 5.41) is 11.1. The van der Waals surface area contributed by atoms with Gasteiger partial charge in [-0.2, -0.15) is 0 Å². The lowest BCUT2D eigenvalue weighted by Gasteiger charge is -2.15. The monoisotopic (exact) mass is 365 g/mol. The normalized spacial score (nSPS) is 15.7. The molecular formula is C20H19N3O2S. The molecule has 2 amide bonds. The molecule has 1 aliphatic rings. The predicted octanol–water partition coefficient (Wildman–Crippen LogP) is 4.32. The van der Waals surface area contributed by atoms with Crippen LogP contribution in [-0.2, 0) is 9.59 Å². The molecule has 3 rings (SSSR count). The van der Waals surface area contributed by atoms with Gasteiger partial charge >= 0.3 is 0 Å². The topological polar surface area (TPSA) is 73.3 Å². The first-order valence-corrected chi connectivity index (χ1v) is 8.94. The van der Waals surface area contributed by atoms with Crippen molar-refractivity contribution in [1.82, 2.24) is 0 Å². The molecule has 2 aromatic carbocycles. The van der Waals surface area contributed by atoms with Crippen LogP contribution in [0.5, 0.6) is 0 Å². The number of hydrogen-bond donors (Lipinski definition) is 2. The summed E-state index contributed by atoms with van der Waals surface area (Å²) in [4.78, 5) is 25.8. The van der Waals surface area contributed by atoms with Gasteiger partial charge in [-0.1, -0.05) is 18.2 Å². The fourth-order valence-corrected chi connectivity index (χ4v) is 3.47. The van der Waals surface area contributed by atoms with Gasteiger partial charge in [0, 0.05) is 12.6 Å². The van der Waals surface area contributed by atoms with Crippen molar-refractivity contribution in [2.75, 3.05) is 10.2 Å². The summed E-state index contributed by atoms with van der Waals surface area (Å²) in [5.74, 6) is -0.329. The molecule has 6 heteroatoms. The van der Waals surface area contributed by atoms with E-state index in [0.29, 0.717) is 16.3 Å². The quantitative estimate of drug-likeness (QED) is 0.796. The van der Waals surface area contributed by atoms with E-state index in [2.05, 4.69) is 5.32 Å². The number of aryl methyl sites for hydroxylation is 2. The Bertz CT molecular complexity index is 933. The summed E-state index contributed by atoms with van der Waals surface area (Å²) in [6, 6.07) is 13.0. The molecule has 0 saturated carbocycles. The van der Waals surface area contributed by atoms with E-state index in [1.165, 1.54) is 11.8 Å². The van der Waals surface area contributed by atoms with E-state index in [9.17, 15) is 9.59 Å². The number of rotatable bonds is 3. The minimum atomic E-state index is -0.200. The molecule has 1 aliphatic heterocycles. The first-order chi connectivity index (χ1) is 12.3. The van der Waals surface area contributed by atoms with E-state index in [1.807, 2.05) is 44.2 Å². The number of thioether (sulfide) groups is 1. The van der Waals surface area contributed by atoms with Crippen molar-refractivity contribution in [3.8, 4) is 0 Å². The van der Waals surface area contributed by atoms with E-state index in [1.54, 1.807) is 18.2 Å². The van der Waals surface area contributed by atoms with Gasteiger partial charge in [0.2, 0.25) is 5.91 Å². The van der Waals surface area contributed by atoms with Crippen LogP contribution < -0.4 is 10.2 Å². The van der Waals surface area contributed by atoms with Gasteiger partial charge in [-0.25, -0.2) is 0 Å². The van der Waals surface area contributed by atoms with Crippen LogP contribution in [0.3, 0.4) is 0 Å². The van der Waals surface area contributed by atoms with Crippen LogP contribution in [0.2, 0.25) is 0 Å². The lowest BCUT2D eigenvalue weighted by Crippen LogP contribution is -2.28. The smallest absolute Gasteiger partial charge is 0.271 e. The third kappa shape index (κ3) is 3.70. The Balaban J connectivity index is 1.85. The highest BCUT2D eigenvalue weighted by Gasteiger charge is 2.33. The molecule has 0 atom stereocenters. The van der Waals surface area contributed by atoms with Crippen molar-refractivity contribution < 1.29 is 9.59 Å². The molecule has 26 heavy (non-hydrogen) atoms. The van der Waals surface area contributed by atoms with Gasteiger partial charge in [0.1, 0.15) is 0 Å². The molecular weight excluding hydrogens is 346 g/mol. The third-order valence-corrected chi connectivity index (χ3v) is 4.99. The summed E-state index contributed by atoms with van der Waals surface area (Å²) in [6.45, 7) is 5.46. The minimum Gasteiger partial charge on any atom is -0.326 e. The highest BCUT2D eigenvalue weighted by atomic mass is 32.2. The summed E-state index contributed by atoms with van der Waals surface area (Å²) in [7, 11) is 0. The van der Waals surface area contributed by atoms with Gasteiger partial charge in [-0.15, -0.1) is 0 Å². The molecule has 0 bridgehead atoms. The SMILES string of the molecule is CC(=O)Nc1ccc(/C=C2\SC(=N)N(c3ccc(C)c(C)c3)C2=O)cc1. The second-order valence-corrected chi connectivity index (χ2v) is 7.16. The van der Waals surface area contributed by atoms with Crippen LogP contribution in [0.1, 0.15) is 23.6 Å². The average molecular weight is 365 g/mol.